The van der Waals surface area contributed by atoms with Crippen LogP contribution in [0.1, 0.15) is 20.8 Å². The molecular formula is C6H13N. The Labute approximate surface area is 46.1 Å². The quantitative estimate of drug-likeness (QED) is 0.488. The van der Waals surface area contributed by atoms with E-state index in [-0.39, 0.29) is 0 Å². The smallest absolute Gasteiger partial charge is 0.0407 e. The summed E-state index contributed by atoms with van der Waals surface area (Å²) in [7, 11) is 5.06. The molecule has 0 fully saturated rings. The summed E-state index contributed by atoms with van der Waals surface area (Å²) in [5.74, 6) is 0. The molecule has 0 aromatic heterocycles. The van der Waals surface area contributed by atoms with Gasteiger partial charge in [-0.3, -0.25) is 0 Å². The van der Waals surface area contributed by atoms with Crippen molar-refractivity contribution >= 4 is 0 Å². The molecule has 7 heavy (non-hydrogen) atoms. The zero-order valence-corrected chi connectivity index (χ0v) is 5.28. The largest absolute Gasteiger partial charge is 0.310 e. The first-order chi connectivity index (χ1) is 3.06. The molecule has 0 atom stereocenters. The molecule has 0 aromatic rings. The van der Waals surface area contributed by atoms with E-state index in [1.165, 1.54) is 0 Å². The number of hydrogen-bond donors (Lipinski definition) is 1. The van der Waals surface area contributed by atoms with Gasteiger partial charge in [0.15, 0.2) is 0 Å². The van der Waals surface area contributed by atoms with E-state index in [1.807, 2.05) is 0 Å². The van der Waals surface area contributed by atoms with Crippen LogP contribution in [0.3, 0.4) is 0 Å². The van der Waals surface area contributed by atoms with Crippen molar-refractivity contribution in [3.63, 3.8) is 0 Å². The fraction of sp³-hybridized carbons (Fsp3) is 0.833. The summed E-state index contributed by atoms with van der Waals surface area (Å²) in [6.45, 7) is 7.26. The van der Waals surface area contributed by atoms with Crippen molar-refractivity contribution in [2.75, 3.05) is 6.54 Å². The highest BCUT2D eigenvalue weighted by Gasteiger charge is 2.06. The van der Waals surface area contributed by atoms with Gasteiger partial charge in [-0.2, -0.15) is 0 Å². The summed E-state index contributed by atoms with van der Waals surface area (Å²) in [6.07, 6.45) is 0. The Bertz CT molecular complexity index is 42.6. The molecule has 0 rings (SSSR count). The van der Waals surface area contributed by atoms with Crippen LogP contribution in [0.15, 0.2) is 0 Å². The molecule has 0 saturated carbocycles. The SMILES string of the molecule is [CH]NCC(C)(C)C. The first-order valence-electron chi connectivity index (χ1n) is 2.50. The Morgan fingerprint density at radius 2 is 1.86 bits per heavy atom. The fourth-order valence-corrected chi connectivity index (χ4v) is 0.306. The minimum atomic E-state index is 0.314. The van der Waals surface area contributed by atoms with Gasteiger partial charge < -0.3 is 5.32 Å². The Morgan fingerprint density at radius 1 is 1.43 bits per heavy atom. The van der Waals surface area contributed by atoms with Crippen LogP contribution < -0.4 is 5.32 Å². The first-order valence-corrected chi connectivity index (χ1v) is 2.50. The normalized spacial score (nSPS) is 12.0. The van der Waals surface area contributed by atoms with Crippen molar-refractivity contribution < 1.29 is 0 Å². The molecule has 2 radical (unpaired) electrons. The van der Waals surface area contributed by atoms with E-state index < -0.39 is 0 Å². The molecule has 1 heteroatoms. The molecule has 0 amide bonds. The van der Waals surface area contributed by atoms with Gasteiger partial charge >= 0.3 is 0 Å². The lowest BCUT2D eigenvalue weighted by Gasteiger charge is -2.15. The van der Waals surface area contributed by atoms with Gasteiger partial charge in [0, 0.05) is 13.6 Å². The Balaban J connectivity index is 3.15. The topological polar surface area (TPSA) is 12.0 Å². The second kappa shape index (κ2) is 2.31. The maximum atomic E-state index is 5.06. The summed E-state index contributed by atoms with van der Waals surface area (Å²) in [6, 6.07) is 0. The highest BCUT2D eigenvalue weighted by molar-refractivity contribution is 4.63. The predicted octanol–water partition coefficient (Wildman–Crippen LogP) is 1.29. The van der Waals surface area contributed by atoms with E-state index in [2.05, 4.69) is 26.1 Å². The minimum absolute atomic E-state index is 0.314. The lowest BCUT2D eigenvalue weighted by Crippen LogP contribution is -2.21. The van der Waals surface area contributed by atoms with E-state index in [4.69, 9.17) is 7.05 Å². The van der Waals surface area contributed by atoms with Crippen molar-refractivity contribution in [3.05, 3.63) is 7.05 Å². The van der Waals surface area contributed by atoms with Gasteiger partial charge in [0.05, 0.1) is 0 Å². The van der Waals surface area contributed by atoms with Crippen LogP contribution in [-0.4, -0.2) is 6.54 Å². The third-order valence-corrected chi connectivity index (χ3v) is 0.632. The first kappa shape index (κ1) is 6.96. The lowest BCUT2D eigenvalue weighted by atomic mass is 9.97. The fourth-order valence-electron chi connectivity index (χ4n) is 0.306. The number of hydrogen-bond acceptors (Lipinski definition) is 1. The van der Waals surface area contributed by atoms with Crippen molar-refractivity contribution in [1.82, 2.24) is 5.32 Å². The van der Waals surface area contributed by atoms with Gasteiger partial charge in [-0.25, -0.2) is 0 Å². The molecule has 0 aliphatic rings. The molecule has 1 N–H and O–H groups in total. The third kappa shape index (κ3) is 5.96. The van der Waals surface area contributed by atoms with Gasteiger partial charge in [0.25, 0.3) is 0 Å². The molecule has 0 saturated heterocycles. The highest BCUT2D eigenvalue weighted by Crippen LogP contribution is 2.09. The second-order valence-electron chi connectivity index (χ2n) is 2.94. The molecule has 1 nitrogen and oxygen atoms in total. The van der Waals surface area contributed by atoms with Crippen LogP contribution >= 0.6 is 0 Å². The van der Waals surface area contributed by atoms with Gasteiger partial charge in [-0.05, 0) is 5.41 Å². The zero-order valence-electron chi connectivity index (χ0n) is 5.28. The van der Waals surface area contributed by atoms with E-state index in [0.717, 1.165) is 6.54 Å². The molecule has 0 unspecified atom stereocenters. The number of nitrogens with one attached hydrogen (secondary N) is 1. The van der Waals surface area contributed by atoms with E-state index in [9.17, 15) is 0 Å². The van der Waals surface area contributed by atoms with Crippen LogP contribution in [0.25, 0.3) is 0 Å². The molecule has 0 bridgehead atoms. The summed E-state index contributed by atoms with van der Waals surface area (Å²) < 4.78 is 0. The predicted molar refractivity (Wildman–Crippen MR) is 31.8 cm³/mol. The molecule has 0 spiro atoms. The Hall–Kier alpha value is -0.0400. The van der Waals surface area contributed by atoms with E-state index >= 15 is 0 Å². The Morgan fingerprint density at radius 3 is 1.86 bits per heavy atom. The Kier molecular flexibility index (Phi) is 2.30. The van der Waals surface area contributed by atoms with Crippen LogP contribution in [-0.2, 0) is 0 Å². The van der Waals surface area contributed by atoms with Crippen LogP contribution in [0.2, 0.25) is 0 Å². The standard InChI is InChI=1S/C6H13N/c1-6(2,3)5-7-4/h4,7H,5H2,1-3H3. The van der Waals surface area contributed by atoms with Crippen molar-refractivity contribution in [1.29, 1.82) is 0 Å². The van der Waals surface area contributed by atoms with E-state index in [0.29, 0.717) is 5.41 Å². The lowest BCUT2D eigenvalue weighted by molar-refractivity contribution is 0.401. The van der Waals surface area contributed by atoms with Crippen LogP contribution in [0, 0.1) is 12.5 Å². The molecular weight excluding hydrogens is 86.1 g/mol. The van der Waals surface area contributed by atoms with Crippen LogP contribution in [0.5, 0.6) is 0 Å². The van der Waals surface area contributed by atoms with Crippen molar-refractivity contribution in [2.24, 2.45) is 5.41 Å². The summed E-state index contributed by atoms with van der Waals surface area (Å²) >= 11 is 0. The molecule has 42 valence electrons. The number of rotatable bonds is 1. The monoisotopic (exact) mass is 99.1 g/mol. The highest BCUT2D eigenvalue weighted by atomic mass is 14.8. The average molecular weight is 99.2 g/mol. The maximum Gasteiger partial charge on any atom is 0.0407 e. The van der Waals surface area contributed by atoms with E-state index in [1.54, 1.807) is 0 Å². The van der Waals surface area contributed by atoms with Gasteiger partial charge in [0.2, 0.25) is 0 Å². The molecule has 0 aromatic carbocycles. The molecule has 0 aliphatic heterocycles. The van der Waals surface area contributed by atoms with Gasteiger partial charge in [0.1, 0.15) is 0 Å². The van der Waals surface area contributed by atoms with Gasteiger partial charge in [-0.1, -0.05) is 20.8 Å². The zero-order chi connectivity index (χ0) is 5.91. The molecule has 0 aliphatic carbocycles. The second-order valence-corrected chi connectivity index (χ2v) is 2.94. The minimum Gasteiger partial charge on any atom is -0.310 e. The summed E-state index contributed by atoms with van der Waals surface area (Å²) in [5.41, 5.74) is 0.314. The maximum absolute atomic E-state index is 5.06. The van der Waals surface area contributed by atoms with Crippen molar-refractivity contribution in [2.45, 2.75) is 20.8 Å². The average Bonchev–Trinajstić information content (AvgIpc) is 1.30. The van der Waals surface area contributed by atoms with Crippen molar-refractivity contribution in [3.8, 4) is 0 Å². The van der Waals surface area contributed by atoms with Gasteiger partial charge in [-0.15, -0.1) is 0 Å². The summed E-state index contributed by atoms with van der Waals surface area (Å²) in [5, 5.41) is 2.61. The molecule has 0 heterocycles. The summed E-state index contributed by atoms with van der Waals surface area (Å²) in [4.78, 5) is 0. The third-order valence-electron chi connectivity index (χ3n) is 0.632. The van der Waals surface area contributed by atoms with Crippen LogP contribution in [0.4, 0.5) is 0 Å².